The largest absolute Gasteiger partial charge is 0.352 e. The maximum Gasteiger partial charge on any atom is 0.221 e. The van der Waals surface area contributed by atoms with E-state index in [9.17, 15) is 4.79 Å². The van der Waals surface area contributed by atoms with Gasteiger partial charge < -0.3 is 16.0 Å². The minimum atomic E-state index is -0.0581. The SMILES string of the molecule is CC(N)CC(=O)NC(C)CN1CCCC(C)C1. The highest BCUT2D eigenvalue weighted by Crippen LogP contribution is 2.15. The van der Waals surface area contributed by atoms with Crippen LogP contribution in [0.15, 0.2) is 0 Å². The van der Waals surface area contributed by atoms with Crippen LogP contribution in [0.5, 0.6) is 0 Å². The minimum Gasteiger partial charge on any atom is -0.352 e. The van der Waals surface area contributed by atoms with E-state index in [1.165, 1.54) is 12.8 Å². The van der Waals surface area contributed by atoms with Crippen LogP contribution in [0, 0.1) is 5.92 Å². The van der Waals surface area contributed by atoms with Gasteiger partial charge in [0, 0.05) is 31.6 Å². The molecule has 1 rings (SSSR count). The number of nitrogens with two attached hydrogens (primary N) is 1. The number of carbonyl (C=O) groups is 1. The topological polar surface area (TPSA) is 58.4 Å². The van der Waals surface area contributed by atoms with Crippen LogP contribution in [0.3, 0.4) is 0 Å². The van der Waals surface area contributed by atoms with E-state index in [1.807, 2.05) is 6.92 Å². The van der Waals surface area contributed by atoms with Crippen LogP contribution in [-0.2, 0) is 4.79 Å². The Labute approximate surface area is 105 Å². The average molecular weight is 241 g/mol. The van der Waals surface area contributed by atoms with Crippen LogP contribution in [0.25, 0.3) is 0 Å². The van der Waals surface area contributed by atoms with Crippen molar-refractivity contribution < 1.29 is 4.79 Å². The summed E-state index contributed by atoms with van der Waals surface area (Å²) in [4.78, 5) is 14.0. The molecule has 0 saturated carbocycles. The van der Waals surface area contributed by atoms with Crippen molar-refractivity contribution in [3.05, 3.63) is 0 Å². The molecule has 1 aliphatic heterocycles. The van der Waals surface area contributed by atoms with Gasteiger partial charge in [0.05, 0.1) is 0 Å². The van der Waals surface area contributed by atoms with Crippen molar-refractivity contribution in [2.75, 3.05) is 19.6 Å². The number of piperidine rings is 1. The molecule has 17 heavy (non-hydrogen) atoms. The average Bonchev–Trinajstić information content (AvgIpc) is 2.14. The smallest absolute Gasteiger partial charge is 0.221 e. The molecule has 3 atom stereocenters. The number of rotatable bonds is 5. The van der Waals surface area contributed by atoms with Crippen molar-refractivity contribution in [2.45, 2.75) is 52.1 Å². The van der Waals surface area contributed by atoms with Crippen LogP contribution in [0.2, 0.25) is 0 Å². The Morgan fingerprint density at radius 3 is 2.82 bits per heavy atom. The molecule has 0 spiro atoms. The second-order valence-electron chi connectivity index (χ2n) is 5.66. The Morgan fingerprint density at radius 2 is 2.24 bits per heavy atom. The monoisotopic (exact) mass is 241 g/mol. The van der Waals surface area contributed by atoms with Gasteiger partial charge in [-0.15, -0.1) is 0 Å². The van der Waals surface area contributed by atoms with Gasteiger partial charge in [-0.25, -0.2) is 0 Å². The molecule has 1 amide bonds. The first-order valence-corrected chi connectivity index (χ1v) is 6.74. The predicted molar refractivity (Wildman–Crippen MR) is 70.7 cm³/mol. The number of nitrogens with zero attached hydrogens (tertiary/aromatic N) is 1. The molecular weight excluding hydrogens is 214 g/mol. The van der Waals surface area contributed by atoms with Gasteiger partial charge in [-0.2, -0.15) is 0 Å². The normalized spacial score (nSPS) is 25.3. The molecule has 3 N–H and O–H groups in total. The molecule has 100 valence electrons. The number of nitrogens with one attached hydrogen (secondary N) is 1. The summed E-state index contributed by atoms with van der Waals surface area (Å²) < 4.78 is 0. The van der Waals surface area contributed by atoms with Crippen LogP contribution in [-0.4, -0.2) is 42.5 Å². The Kier molecular flexibility index (Phi) is 5.92. The molecule has 4 heteroatoms. The molecule has 1 fully saturated rings. The van der Waals surface area contributed by atoms with E-state index in [2.05, 4.69) is 24.1 Å². The lowest BCUT2D eigenvalue weighted by atomic mass is 10.00. The maximum atomic E-state index is 11.6. The number of hydrogen-bond acceptors (Lipinski definition) is 3. The summed E-state index contributed by atoms with van der Waals surface area (Å²) in [6.45, 7) is 9.50. The fraction of sp³-hybridized carbons (Fsp3) is 0.923. The molecule has 0 radical (unpaired) electrons. The number of carbonyl (C=O) groups excluding carboxylic acids is 1. The molecule has 0 bridgehead atoms. The van der Waals surface area contributed by atoms with Gasteiger partial charge in [0.2, 0.25) is 5.91 Å². The maximum absolute atomic E-state index is 11.6. The summed E-state index contributed by atoms with van der Waals surface area (Å²) in [5.74, 6) is 0.855. The second kappa shape index (κ2) is 6.97. The van der Waals surface area contributed by atoms with E-state index < -0.39 is 0 Å². The molecule has 0 aliphatic carbocycles. The Balaban J connectivity index is 2.24. The van der Waals surface area contributed by atoms with Gasteiger partial charge in [0.25, 0.3) is 0 Å². The van der Waals surface area contributed by atoms with Crippen molar-refractivity contribution in [2.24, 2.45) is 11.7 Å². The predicted octanol–water partition coefficient (Wildman–Crippen LogP) is 0.960. The van der Waals surface area contributed by atoms with Crippen molar-refractivity contribution in [1.82, 2.24) is 10.2 Å². The third-order valence-electron chi connectivity index (χ3n) is 3.19. The molecule has 4 nitrogen and oxygen atoms in total. The molecule has 0 aromatic heterocycles. The standard InChI is InChI=1S/C13H27N3O/c1-10-5-4-6-16(8-10)9-12(3)15-13(17)7-11(2)14/h10-12H,4-9,14H2,1-3H3,(H,15,17). The molecule has 1 heterocycles. The van der Waals surface area contributed by atoms with Crippen molar-refractivity contribution >= 4 is 5.91 Å². The van der Waals surface area contributed by atoms with Gasteiger partial charge in [-0.1, -0.05) is 6.92 Å². The first-order chi connectivity index (χ1) is 7.97. The van der Waals surface area contributed by atoms with Crippen LogP contribution >= 0.6 is 0 Å². The summed E-state index contributed by atoms with van der Waals surface area (Å²) in [7, 11) is 0. The van der Waals surface area contributed by atoms with Gasteiger partial charge in [-0.3, -0.25) is 4.79 Å². The minimum absolute atomic E-state index is 0.0581. The van der Waals surface area contributed by atoms with Gasteiger partial charge >= 0.3 is 0 Å². The highest BCUT2D eigenvalue weighted by Gasteiger charge is 2.18. The zero-order chi connectivity index (χ0) is 12.8. The van der Waals surface area contributed by atoms with Gasteiger partial charge in [-0.05, 0) is 39.2 Å². The van der Waals surface area contributed by atoms with Crippen LogP contribution < -0.4 is 11.1 Å². The van der Waals surface area contributed by atoms with Crippen molar-refractivity contribution in [3.8, 4) is 0 Å². The molecular formula is C13H27N3O. The van der Waals surface area contributed by atoms with Crippen LogP contribution in [0.4, 0.5) is 0 Å². The molecule has 3 unspecified atom stereocenters. The van der Waals surface area contributed by atoms with E-state index in [0.29, 0.717) is 6.42 Å². The number of likely N-dealkylation sites (tertiary alicyclic amines) is 1. The molecule has 0 aromatic carbocycles. The molecule has 1 aliphatic rings. The summed E-state index contributed by atoms with van der Waals surface area (Å²) in [5, 5.41) is 3.01. The fourth-order valence-electron chi connectivity index (χ4n) is 2.51. The Hall–Kier alpha value is -0.610. The quantitative estimate of drug-likeness (QED) is 0.754. The molecule has 0 aromatic rings. The van der Waals surface area contributed by atoms with Gasteiger partial charge in [0.15, 0.2) is 0 Å². The zero-order valence-electron chi connectivity index (χ0n) is 11.4. The van der Waals surface area contributed by atoms with Crippen molar-refractivity contribution in [1.29, 1.82) is 0 Å². The lowest BCUT2D eigenvalue weighted by Gasteiger charge is -2.32. The zero-order valence-corrected chi connectivity index (χ0v) is 11.4. The Morgan fingerprint density at radius 1 is 1.53 bits per heavy atom. The first kappa shape index (κ1) is 14.5. The van der Waals surface area contributed by atoms with E-state index in [1.54, 1.807) is 0 Å². The lowest BCUT2D eigenvalue weighted by molar-refractivity contribution is -0.122. The highest BCUT2D eigenvalue weighted by atomic mass is 16.1. The summed E-state index contributed by atoms with van der Waals surface area (Å²) in [5.41, 5.74) is 5.60. The first-order valence-electron chi connectivity index (χ1n) is 6.74. The lowest BCUT2D eigenvalue weighted by Crippen LogP contribution is -2.45. The Bertz CT molecular complexity index is 243. The van der Waals surface area contributed by atoms with Crippen LogP contribution in [0.1, 0.15) is 40.0 Å². The third kappa shape index (κ3) is 6.03. The summed E-state index contributed by atoms with van der Waals surface area (Å²) in [6.07, 6.45) is 3.03. The van der Waals surface area contributed by atoms with E-state index in [-0.39, 0.29) is 18.0 Å². The third-order valence-corrected chi connectivity index (χ3v) is 3.19. The summed E-state index contributed by atoms with van der Waals surface area (Å²) >= 11 is 0. The van der Waals surface area contributed by atoms with E-state index >= 15 is 0 Å². The van der Waals surface area contributed by atoms with E-state index in [4.69, 9.17) is 5.73 Å². The molecule has 1 saturated heterocycles. The number of amides is 1. The number of hydrogen-bond donors (Lipinski definition) is 2. The van der Waals surface area contributed by atoms with Crippen molar-refractivity contribution in [3.63, 3.8) is 0 Å². The fourth-order valence-corrected chi connectivity index (χ4v) is 2.51. The van der Waals surface area contributed by atoms with E-state index in [0.717, 1.165) is 25.6 Å². The van der Waals surface area contributed by atoms with Gasteiger partial charge in [0.1, 0.15) is 0 Å². The highest BCUT2D eigenvalue weighted by molar-refractivity contribution is 5.76. The summed E-state index contributed by atoms with van der Waals surface area (Å²) in [6, 6.07) is 0.156. The second-order valence-corrected chi connectivity index (χ2v) is 5.66.